The van der Waals surface area contributed by atoms with Gasteiger partial charge in [-0.1, -0.05) is 37.3 Å². The Hall–Kier alpha value is -0.860. The van der Waals surface area contributed by atoms with Crippen LogP contribution in [0.1, 0.15) is 24.9 Å². The van der Waals surface area contributed by atoms with E-state index in [0.29, 0.717) is 6.04 Å². The van der Waals surface area contributed by atoms with Crippen LogP contribution in [0.15, 0.2) is 35.3 Å². The average Bonchev–Trinajstić information content (AvgIpc) is 2.61. The van der Waals surface area contributed by atoms with E-state index in [1.54, 1.807) is 0 Å². The normalized spacial score (nSPS) is 25.0. The molecule has 1 fully saturated rings. The number of nitrogens with zero attached hydrogens (tertiary/aromatic N) is 2. The number of hydrogen-bond donors (Lipinski definition) is 2. The standard InChI is InChI=1S/C17H26N4O.HI/c1-2-21-11-12-22-15(13-20-17-18-9-6-10-19-17)16(21)14-7-4-3-5-8-14;/h3-5,7-8,15-16H,2,6,9-13H2,1H3,(H2,18,19,20);1H/t15-,16-;/m0./s1. The molecule has 23 heavy (non-hydrogen) atoms. The average molecular weight is 430 g/mol. The second kappa shape index (κ2) is 9.44. The van der Waals surface area contributed by atoms with Gasteiger partial charge in [-0.25, -0.2) is 0 Å². The van der Waals surface area contributed by atoms with E-state index in [0.717, 1.165) is 51.7 Å². The number of halogens is 1. The fourth-order valence-electron chi connectivity index (χ4n) is 3.24. The van der Waals surface area contributed by atoms with Crippen molar-refractivity contribution in [3.8, 4) is 0 Å². The van der Waals surface area contributed by atoms with Crippen LogP contribution in [-0.2, 0) is 4.74 Å². The summed E-state index contributed by atoms with van der Waals surface area (Å²) in [5, 5.41) is 6.73. The van der Waals surface area contributed by atoms with E-state index in [1.807, 2.05) is 0 Å². The summed E-state index contributed by atoms with van der Waals surface area (Å²) >= 11 is 0. The summed E-state index contributed by atoms with van der Waals surface area (Å²) in [6, 6.07) is 11.0. The molecule has 2 aliphatic heterocycles. The number of ether oxygens (including phenoxy) is 1. The number of hydrogen-bond acceptors (Lipinski definition) is 5. The number of likely N-dealkylation sites (N-methyl/N-ethyl adjacent to an activating group) is 1. The molecule has 0 aliphatic carbocycles. The van der Waals surface area contributed by atoms with Gasteiger partial charge in [-0.05, 0) is 18.5 Å². The minimum absolute atomic E-state index is 0. The summed E-state index contributed by atoms with van der Waals surface area (Å²) in [7, 11) is 0. The first-order valence-corrected chi connectivity index (χ1v) is 8.31. The second-order valence-corrected chi connectivity index (χ2v) is 5.78. The predicted octanol–water partition coefficient (Wildman–Crippen LogP) is 2.01. The van der Waals surface area contributed by atoms with Crippen LogP contribution in [0.2, 0.25) is 0 Å². The Labute approximate surface area is 155 Å². The first kappa shape index (κ1) is 18.5. The smallest absolute Gasteiger partial charge is 0.191 e. The Morgan fingerprint density at radius 1 is 1.35 bits per heavy atom. The fraction of sp³-hybridized carbons (Fsp3) is 0.588. The van der Waals surface area contributed by atoms with Crippen LogP contribution in [0.3, 0.4) is 0 Å². The van der Waals surface area contributed by atoms with Crippen molar-refractivity contribution in [3.63, 3.8) is 0 Å². The van der Waals surface area contributed by atoms with Gasteiger partial charge in [-0.3, -0.25) is 9.89 Å². The third-order valence-corrected chi connectivity index (χ3v) is 4.37. The van der Waals surface area contributed by atoms with Gasteiger partial charge in [0.25, 0.3) is 0 Å². The van der Waals surface area contributed by atoms with Crippen LogP contribution in [-0.4, -0.2) is 56.3 Å². The summed E-state index contributed by atoms with van der Waals surface area (Å²) in [6.45, 7) is 7.73. The molecule has 1 aromatic carbocycles. The third kappa shape index (κ3) is 4.81. The molecule has 0 amide bonds. The van der Waals surface area contributed by atoms with Gasteiger partial charge in [0.05, 0.1) is 18.8 Å². The van der Waals surface area contributed by atoms with Gasteiger partial charge in [0.1, 0.15) is 0 Å². The first-order valence-electron chi connectivity index (χ1n) is 8.31. The molecule has 0 unspecified atom stereocenters. The molecule has 0 spiro atoms. The maximum absolute atomic E-state index is 6.08. The molecule has 2 aliphatic rings. The van der Waals surface area contributed by atoms with Crippen LogP contribution >= 0.6 is 24.0 Å². The lowest BCUT2D eigenvalue weighted by molar-refractivity contribution is -0.0677. The monoisotopic (exact) mass is 430 g/mol. The molecular weight excluding hydrogens is 403 g/mol. The van der Waals surface area contributed by atoms with E-state index < -0.39 is 0 Å². The minimum Gasteiger partial charge on any atom is -0.373 e. The van der Waals surface area contributed by atoms with Crippen molar-refractivity contribution < 1.29 is 4.74 Å². The van der Waals surface area contributed by atoms with Gasteiger partial charge in [-0.15, -0.1) is 24.0 Å². The second-order valence-electron chi connectivity index (χ2n) is 5.78. The van der Waals surface area contributed by atoms with Crippen molar-refractivity contribution in [2.45, 2.75) is 25.5 Å². The number of nitrogens with one attached hydrogen (secondary N) is 2. The largest absolute Gasteiger partial charge is 0.373 e. The lowest BCUT2D eigenvalue weighted by Gasteiger charge is -2.41. The van der Waals surface area contributed by atoms with Gasteiger partial charge in [0.2, 0.25) is 0 Å². The molecule has 0 bridgehead atoms. The van der Waals surface area contributed by atoms with Crippen molar-refractivity contribution >= 4 is 29.9 Å². The van der Waals surface area contributed by atoms with Gasteiger partial charge in [0, 0.05) is 26.2 Å². The Morgan fingerprint density at radius 2 is 2.17 bits per heavy atom. The molecular formula is C17H27IN4O. The molecule has 6 heteroatoms. The molecule has 0 saturated carbocycles. The van der Waals surface area contributed by atoms with Crippen LogP contribution in [0, 0.1) is 0 Å². The van der Waals surface area contributed by atoms with Gasteiger partial charge >= 0.3 is 0 Å². The van der Waals surface area contributed by atoms with Crippen LogP contribution in [0.5, 0.6) is 0 Å². The van der Waals surface area contributed by atoms with Crippen LogP contribution < -0.4 is 10.6 Å². The zero-order valence-corrected chi connectivity index (χ0v) is 16.0. The highest BCUT2D eigenvalue weighted by Gasteiger charge is 2.32. The van der Waals surface area contributed by atoms with Crippen molar-refractivity contribution in [1.29, 1.82) is 0 Å². The molecule has 1 aromatic rings. The third-order valence-electron chi connectivity index (χ3n) is 4.37. The Kier molecular flexibility index (Phi) is 7.58. The topological polar surface area (TPSA) is 48.9 Å². The Morgan fingerprint density at radius 3 is 2.87 bits per heavy atom. The van der Waals surface area contributed by atoms with E-state index in [1.165, 1.54) is 5.56 Å². The maximum Gasteiger partial charge on any atom is 0.191 e. The zero-order chi connectivity index (χ0) is 15.2. The predicted molar refractivity (Wildman–Crippen MR) is 105 cm³/mol. The Balaban J connectivity index is 0.00000192. The van der Waals surface area contributed by atoms with Crippen LogP contribution in [0.4, 0.5) is 0 Å². The zero-order valence-electron chi connectivity index (χ0n) is 13.7. The lowest BCUT2D eigenvalue weighted by Crippen LogP contribution is -2.51. The van der Waals surface area contributed by atoms with Crippen molar-refractivity contribution in [2.75, 3.05) is 39.3 Å². The highest BCUT2D eigenvalue weighted by atomic mass is 127. The number of benzene rings is 1. The summed E-state index contributed by atoms with van der Waals surface area (Å²) < 4.78 is 6.08. The number of guanidine groups is 1. The highest BCUT2D eigenvalue weighted by Crippen LogP contribution is 2.28. The molecule has 128 valence electrons. The van der Waals surface area contributed by atoms with E-state index in [4.69, 9.17) is 4.74 Å². The molecule has 2 N–H and O–H groups in total. The van der Waals surface area contributed by atoms with E-state index in [-0.39, 0.29) is 30.1 Å². The molecule has 1 saturated heterocycles. The van der Waals surface area contributed by atoms with Crippen molar-refractivity contribution in [1.82, 2.24) is 15.5 Å². The van der Waals surface area contributed by atoms with Gasteiger partial charge < -0.3 is 15.4 Å². The summed E-state index contributed by atoms with van der Waals surface area (Å²) in [5.41, 5.74) is 1.33. The molecule has 2 heterocycles. The SMILES string of the molecule is CCN1CCO[C@@H](CNC2=NCCCN2)[C@@H]1c1ccccc1.I. The summed E-state index contributed by atoms with van der Waals surface area (Å²) in [4.78, 5) is 6.98. The maximum atomic E-state index is 6.08. The minimum atomic E-state index is 0. The summed E-state index contributed by atoms with van der Waals surface area (Å²) in [5.74, 6) is 0.912. The molecule has 0 radical (unpaired) electrons. The van der Waals surface area contributed by atoms with Crippen molar-refractivity contribution in [3.05, 3.63) is 35.9 Å². The first-order chi connectivity index (χ1) is 10.9. The van der Waals surface area contributed by atoms with Gasteiger partial charge in [-0.2, -0.15) is 0 Å². The fourth-order valence-corrected chi connectivity index (χ4v) is 3.24. The van der Waals surface area contributed by atoms with Gasteiger partial charge in [0.15, 0.2) is 5.96 Å². The lowest BCUT2D eigenvalue weighted by atomic mass is 9.98. The molecule has 0 aromatic heterocycles. The number of aliphatic imine (C=N–C) groups is 1. The van der Waals surface area contributed by atoms with Crippen molar-refractivity contribution in [2.24, 2.45) is 4.99 Å². The number of morpholine rings is 1. The molecule has 5 nitrogen and oxygen atoms in total. The molecule has 3 rings (SSSR count). The quantitative estimate of drug-likeness (QED) is 0.718. The van der Waals surface area contributed by atoms with E-state index >= 15 is 0 Å². The summed E-state index contributed by atoms with van der Waals surface area (Å²) in [6.07, 6.45) is 1.25. The van der Waals surface area contributed by atoms with E-state index in [9.17, 15) is 0 Å². The number of rotatable bonds is 4. The highest BCUT2D eigenvalue weighted by molar-refractivity contribution is 14.0. The molecule has 2 atom stereocenters. The van der Waals surface area contributed by atoms with E-state index in [2.05, 4.69) is 57.8 Å². The Bertz CT molecular complexity index is 497. The van der Waals surface area contributed by atoms with Crippen LogP contribution in [0.25, 0.3) is 0 Å².